The molecule has 0 heterocycles. The third-order valence-electron chi connectivity index (χ3n) is 3.30. The van der Waals surface area contributed by atoms with E-state index in [4.69, 9.17) is 4.74 Å². The van der Waals surface area contributed by atoms with Crippen LogP contribution in [-0.4, -0.2) is 24.7 Å². The summed E-state index contributed by atoms with van der Waals surface area (Å²) >= 11 is 0. The Morgan fingerprint density at radius 1 is 1.32 bits per heavy atom. The van der Waals surface area contributed by atoms with Crippen LogP contribution in [0, 0.1) is 29.9 Å². The Morgan fingerprint density at radius 2 is 1.89 bits per heavy atom. The van der Waals surface area contributed by atoms with Gasteiger partial charge in [0, 0.05) is 13.2 Å². The molecule has 0 bridgehead atoms. The normalized spacial score (nSPS) is 12.5. The molecule has 1 rings (SSSR count). The molecule has 0 fully saturated rings. The van der Waals surface area contributed by atoms with Crippen LogP contribution in [-0.2, 0) is 4.74 Å². The summed E-state index contributed by atoms with van der Waals surface area (Å²) in [7, 11) is 1.63. The number of hydrogen-bond acceptors (Lipinski definition) is 4. The van der Waals surface area contributed by atoms with Crippen LogP contribution in [0.1, 0.15) is 25.0 Å². The van der Waals surface area contributed by atoms with Crippen molar-refractivity contribution in [3.05, 3.63) is 33.4 Å². The lowest BCUT2D eigenvalue weighted by Crippen LogP contribution is -2.30. The first-order valence-electron chi connectivity index (χ1n) is 6.38. The van der Waals surface area contributed by atoms with Crippen molar-refractivity contribution in [1.29, 1.82) is 0 Å². The second-order valence-corrected chi connectivity index (χ2v) is 5.16. The van der Waals surface area contributed by atoms with Gasteiger partial charge in [0.05, 0.1) is 17.6 Å². The fourth-order valence-corrected chi connectivity index (χ4v) is 1.85. The van der Waals surface area contributed by atoms with E-state index in [2.05, 4.69) is 19.2 Å². The molecule has 5 heteroatoms. The molecule has 106 valence electrons. The van der Waals surface area contributed by atoms with Crippen molar-refractivity contribution in [3.8, 4) is 0 Å². The molecule has 1 aromatic rings. The van der Waals surface area contributed by atoms with Gasteiger partial charge < -0.3 is 10.1 Å². The van der Waals surface area contributed by atoms with Crippen LogP contribution in [0.25, 0.3) is 0 Å². The number of nitro groups is 1. The van der Waals surface area contributed by atoms with Gasteiger partial charge in [0.1, 0.15) is 5.69 Å². The Labute approximate surface area is 114 Å². The molecule has 0 amide bonds. The number of anilines is 1. The Bertz CT molecular complexity index is 458. The van der Waals surface area contributed by atoms with Crippen molar-refractivity contribution in [2.45, 2.75) is 33.7 Å². The number of methoxy groups -OCH3 is 1. The number of rotatable bonds is 6. The maximum Gasteiger partial charge on any atom is 0.292 e. The van der Waals surface area contributed by atoms with Crippen molar-refractivity contribution in [2.75, 3.05) is 19.0 Å². The lowest BCUT2D eigenvalue weighted by atomic mass is 10.0. The van der Waals surface area contributed by atoms with Crippen LogP contribution in [0.4, 0.5) is 11.4 Å². The van der Waals surface area contributed by atoms with Gasteiger partial charge in [-0.25, -0.2) is 0 Å². The standard InChI is InChI=1S/C14H22N2O3/c1-9(2)13(8-19-5)15-12-6-10(3)11(4)7-14(12)16(17)18/h6-7,9,13,15H,8H2,1-5H3. The highest BCUT2D eigenvalue weighted by Gasteiger charge is 2.20. The minimum absolute atomic E-state index is 0.0470. The average Bonchev–Trinajstić information content (AvgIpc) is 2.32. The number of nitro benzene ring substituents is 1. The van der Waals surface area contributed by atoms with E-state index in [-0.39, 0.29) is 16.7 Å². The van der Waals surface area contributed by atoms with E-state index in [0.717, 1.165) is 11.1 Å². The Balaban J connectivity index is 3.10. The topological polar surface area (TPSA) is 64.4 Å². The zero-order valence-electron chi connectivity index (χ0n) is 12.2. The lowest BCUT2D eigenvalue weighted by molar-refractivity contribution is -0.384. The smallest absolute Gasteiger partial charge is 0.292 e. The molecule has 1 unspecified atom stereocenters. The fourth-order valence-electron chi connectivity index (χ4n) is 1.85. The predicted molar refractivity (Wildman–Crippen MR) is 76.7 cm³/mol. The van der Waals surface area contributed by atoms with E-state index in [1.54, 1.807) is 13.2 Å². The van der Waals surface area contributed by atoms with Crippen LogP contribution in [0.2, 0.25) is 0 Å². The van der Waals surface area contributed by atoms with Gasteiger partial charge in [-0.1, -0.05) is 13.8 Å². The molecule has 0 saturated heterocycles. The summed E-state index contributed by atoms with van der Waals surface area (Å²) in [4.78, 5) is 10.8. The van der Waals surface area contributed by atoms with Crippen LogP contribution in [0.15, 0.2) is 12.1 Å². The van der Waals surface area contributed by atoms with Crippen molar-refractivity contribution in [3.63, 3.8) is 0 Å². The quantitative estimate of drug-likeness (QED) is 0.634. The van der Waals surface area contributed by atoms with Crippen LogP contribution >= 0.6 is 0 Å². The third kappa shape index (κ3) is 3.92. The highest BCUT2D eigenvalue weighted by atomic mass is 16.6. The lowest BCUT2D eigenvalue weighted by Gasteiger charge is -2.23. The number of hydrogen-bond donors (Lipinski definition) is 1. The summed E-state index contributed by atoms with van der Waals surface area (Å²) in [5.41, 5.74) is 2.63. The monoisotopic (exact) mass is 266 g/mol. The first kappa shape index (κ1) is 15.4. The van der Waals surface area contributed by atoms with E-state index in [1.807, 2.05) is 19.9 Å². The van der Waals surface area contributed by atoms with Gasteiger partial charge in [0.15, 0.2) is 0 Å². The van der Waals surface area contributed by atoms with Gasteiger partial charge in [-0.3, -0.25) is 10.1 Å². The van der Waals surface area contributed by atoms with Gasteiger partial charge in [-0.05, 0) is 37.0 Å². The summed E-state index contributed by atoms with van der Waals surface area (Å²) in [5, 5.41) is 14.4. The number of nitrogens with zero attached hydrogens (tertiary/aromatic N) is 1. The van der Waals surface area contributed by atoms with Gasteiger partial charge >= 0.3 is 0 Å². The van der Waals surface area contributed by atoms with E-state index in [0.29, 0.717) is 18.2 Å². The minimum atomic E-state index is -0.348. The molecular weight excluding hydrogens is 244 g/mol. The second-order valence-electron chi connectivity index (χ2n) is 5.16. The Morgan fingerprint density at radius 3 is 2.37 bits per heavy atom. The minimum Gasteiger partial charge on any atom is -0.383 e. The van der Waals surface area contributed by atoms with Crippen molar-refractivity contribution in [1.82, 2.24) is 0 Å². The Hall–Kier alpha value is -1.62. The van der Waals surface area contributed by atoms with Crippen LogP contribution in [0.3, 0.4) is 0 Å². The van der Waals surface area contributed by atoms with E-state index in [1.165, 1.54) is 0 Å². The number of nitrogens with one attached hydrogen (secondary N) is 1. The summed E-state index contributed by atoms with van der Waals surface area (Å²) in [6.07, 6.45) is 0. The number of benzene rings is 1. The molecule has 1 N–H and O–H groups in total. The molecule has 0 aromatic heterocycles. The molecule has 1 atom stereocenters. The van der Waals surface area contributed by atoms with Crippen LogP contribution < -0.4 is 5.32 Å². The molecular formula is C14H22N2O3. The van der Waals surface area contributed by atoms with E-state index < -0.39 is 0 Å². The molecule has 0 aliphatic rings. The highest BCUT2D eigenvalue weighted by molar-refractivity contribution is 5.65. The first-order valence-corrected chi connectivity index (χ1v) is 6.38. The first-order chi connectivity index (χ1) is 8.86. The molecule has 0 spiro atoms. The summed E-state index contributed by atoms with van der Waals surface area (Å²) in [6, 6.07) is 3.49. The molecule has 19 heavy (non-hydrogen) atoms. The molecule has 0 aliphatic heterocycles. The largest absolute Gasteiger partial charge is 0.383 e. The predicted octanol–water partition coefficient (Wildman–Crippen LogP) is 3.29. The zero-order chi connectivity index (χ0) is 14.6. The number of aryl methyl sites for hydroxylation is 2. The van der Waals surface area contributed by atoms with Gasteiger partial charge in [-0.2, -0.15) is 0 Å². The fraction of sp³-hybridized carbons (Fsp3) is 0.571. The van der Waals surface area contributed by atoms with Crippen LogP contribution in [0.5, 0.6) is 0 Å². The highest BCUT2D eigenvalue weighted by Crippen LogP contribution is 2.29. The maximum absolute atomic E-state index is 11.1. The SMILES string of the molecule is COCC(Nc1cc(C)c(C)cc1[N+](=O)[O-])C(C)C. The van der Waals surface area contributed by atoms with Crippen molar-refractivity contribution >= 4 is 11.4 Å². The Kier molecular flexibility index (Phi) is 5.30. The summed E-state index contributed by atoms with van der Waals surface area (Å²) in [6.45, 7) is 8.46. The average molecular weight is 266 g/mol. The molecule has 0 saturated carbocycles. The van der Waals surface area contributed by atoms with Gasteiger partial charge in [-0.15, -0.1) is 0 Å². The van der Waals surface area contributed by atoms with Gasteiger partial charge in [0.2, 0.25) is 0 Å². The molecule has 5 nitrogen and oxygen atoms in total. The summed E-state index contributed by atoms with van der Waals surface area (Å²) < 4.78 is 5.16. The third-order valence-corrected chi connectivity index (χ3v) is 3.30. The number of ether oxygens (including phenoxy) is 1. The molecule has 0 radical (unpaired) electrons. The molecule has 0 aliphatic carbocycles. The van der Waals surface area contributed by atoms with Crippen molar-refractivity contribution in [2.24, 2.45) is 5.92 Å². The van der Waals surface area contributed by atoms with Crippen molar-refractivity contribution < 1.29 is 9.66 Å². The maximum atomic E-state index is 11.1. The zero-order valence-corrected chi connectivity index (χ0v) is 12.2. The van der Waals surface area contributed by atoms with E-state index in [9.17, 15) is 10.1 Å². The second kappa shape index (κ2) is 6.52. The molecule has 1 aromatic carbocycles. The van der Waals surface area contributed by atoms with Gasteiger partial charge in [0.25, 0.3) is 5.69 Å². The summed E-state index contributed by atoms with van der Waals surface area (Å²) in [5.74, 6) is 0.321. The van der Waals surface area contributed by atoms with E-state index >= 15 is 0 Å².